The lowest BCUT2D eigenvalue weighted by molar-refractivity contribution is 0.0455. The number of ether oxygens (including phenoxy) is 1. The van der Waals surface area contributed by atoms with Gasteiger partial charge in [0.25, 0.3) is 17.7 Å². The highest BCUT2D eigenvalue weighted by molar-refractivity contribution is 6.21. The second-order valence-electron chi connectivity index (χ2n) is 8.78. The molecule has 1 atom stereocenters. The van der Waals surface area contributed by atoms with Gasteiger partial charge in [0.15, 0.2) is 0 Å². The number of hydrogen-bond acceptors (Lipinski definition) is 5. The fourth-order valence-electron chi connectivity index (χ4n) is 4.63. The summed E-state index contributed by atoms with van der Waals surface area (Å²) in [6.07, 6.45) is 1.98. The van der Waals surface area contributed by atoms with Crippen LogP contribution in [0.4, 0.5) is 0 Å². The molecule has 5 rings (SSSR count). The van der Waals surface area contributed by atoms with Gasteiger partial charge in [-0.2, -0.15) is 0 Å². The van der Waals surface area contributed by atoms with Gasteiger partial charge in [0.05, 0.1) is 23.2 Å². The molecule has 3 aromatic rings. The van der Waals surface area contributed by atoms with Crippen LogP contribution in [-0.2, 0) is 0 Å². The molecule has 3 aromatic carbocycles. The van der Waals surface area contributed by atoms with Crippen molar-refractivity contribution in [3.05, 3.63) is 77.4 Å². The molecule has 1 saturated heterocycles. The summed E-state index contributed by atoms with van der Waals surface area (Å²) in [6.45, 7) is 1.09. The summed E-state index contributed by atoms with van der Waals surface area (Å²) in [5.41, 5.74) is 1.13. The number of imide groups is 1. The summed E-state index contributed by atoms with van der Waals surface area (Å²) < 4.78 is 5.93. The van der Waals surface area contributed by atoms with E-state index in [2.05, 4.69) is 0 Å². The van der Waals surface area contributed by atoms with Crippen molar-refractivity contribution in [2.75, 3.05) is 26.2 Å². The molecular formula is C27H26N2O5. The molecule has 0 aliphatic carbocycles. The summed E-state index contributed by atoms with van der Waals surface area (Å²) in [6, 6.07) is 18.0. The van der Waals surface area contributed by atoms with E-state index in [1.54, 1.807) is 30.3 Å². The van der Waals surface area contributed by atoms with Crippen molar-refractivity contribution >= 4 is 28.5 Å². The third-order valence-corrected chi connectivity index (χ3v) is 6.42. The highest BCUT2D eigenvalue weighted by Crippen LogP contribution is 2.29. The molecule has 1 N–H and O–H groups in total. The van der Waals surface area contributed by atoms with Gasteiger partial charge in [-0.1, -0.05) is 36.4 Å². The Bertz CT molecular complexity index is 1230. The number of carbonyl (C=O) groups excluding carboxylic acids is 3. The number of piperidine rings is 1. The third kappa shape index (κ3) is 4.15. The standard InChI is InChI=1S/C27H26N2O5/c30-20(16-29-26(32)21-10-4-5-11-22(21)27(29)33)17-34-24-15-19-9-3-2-8-18(19)14-23(24)25(31)28-12-6-1-7-13-28/h2-5,8-11,14-15,20,30H,1,6-7,12-13,16-17H2. The minimum atomic E-state index is -1.10. The van der Waals surface area contributed by atoms with Gasteiger partial charge >= 0.3 is 0 Å². The van der Waals surface area contributed by atoms with Crippen LogP contribution >= 0.6 is 0 Å². The number of amides is 3. The first-order valence-electron chi connectivity index (χ1n) is 11.6. The van der Waals surface area contributed by atoms with Crippen molar-refractivity contribution in [2.45, 2.75) is 25.4 Å². The highest BCUT2D eigenvalue weighted by Gasteiger charge is 2.36. The van der Waals surface area contributed by atoms with E-state index in [-0.39, 0.29) is 19.1 Å². The van der Waals surface area contributed by atoms with Gasteiger partial charge in [0.1, 0.15) is 18.5 Å². The molecule has 174 valence electrons. The van der Waals surface area contributed by atoms with Crippen LogP contribution in [0.2, 0.25) is 0 Å². The van der Waals surface area contributed by atoms with E-state index in [1.807, 2.05) is 35.2 Å². The quantitative estimate of drug-likeness (QED) is 0.572. The number of aliphatic hydroxyl groups is 1. The van der Waals surface area contributed by atoms with Gasteiger partial charge in [0.2, 0.25) is 0 Å². The number of hydrogen-bond donors (Lipinski definition) is 1. The highest BCUT2D eigenvalue weighted by atomic mass is 16.5. The number of carbonyl (C=O) groups is 3. The van der Waals surface area contributed by atoms with E-state index < -0.39 is 17.9 Å². The number of likely N-dealkylation sites (tertiary alicyclic amines) is 1. The van der Waals surface area contributed by atoms with Crippen LogP contribution < -0.4 is 4.74 Å². The average Bonchev–Trinajstić information content (AvgIpc) is 3.12. The van der Waals surface area contributed by atoms with Gasteiger partial charge in [-0.15, -0.1) is 0 Å². The van der Waals surface area contributed by atoms with Gasteiger partial charge in [0, 0.05) is 13.1 Å². The van der Waals surface area contributed by atoms with Crippen LogP contribution in [0.5, 0.6) is 5.75 Å². The van der Waals surface area contributed by atoms with Gasteiger partial charge in [-0.25, -0.2) is 0 Å². The van der Waals surface area contributed by atoms with E-state index in [1.165, 1.54) is 0 Å². The average molecular weight is 459 g/mol. The lowest BCUT2D eigenvalue weighted by atomic mass is 10.0. The number of rotatable bonds is 6. The summed E-state index contributed by atoms with van der Waals surface area (Å²) in [5.74, 6) is -0.552. The molecule has 0 aromatic heterocycles. The molecule has 0 radical (unpaired) electrons. The molecule has 7 heteroatoms. The minimum absolute atomic E-state index is 0.0877. The maximum absolute atomic E-state index is 13.3. The van der Waals surface area contributed by atoms with Gasteiger partial charge < -0.3 is 14.7 Å². The smallest absolute Gasteiger partial charge is 0.261 e. The first kappa shape index (κ1) is 22.1. The van der Waals surface area contributed by atoms with E-state index >= 15 is 0 Å². The molecule has 2 heterocycles. The Balaban J connectivity index is 1.33. The lowest BCUT2D eigenvalue weighted by Crippen LogP contribution is -2.39. The maximum Gasteiger partial charge on any atom is 0.261 e. The van der Waals surface area contributed by atoms with E-state index in [9.17, 15) is 19.5 Å². The molecule has 0 saturated carbocycles. The van der Waals surface area contributed by atoms with Crippen molar-refractivity contribution in [2.24, 2.45) is 0 Å². The van der Waals surface area contributed by atoms with Crippen LogP contribution in [-0.4, -0.2) is 65.0 Å². The number of β-amino-alcohol motifs (C(OH)–C–C–N with tert-alkyl or cyclic N) is 1. The van der Waals surface area contributed by atoms with E-state index in [0.29, 0.717) is 35.5 Å². The summed E-state index contributed by atoms with van der Waals surface area (Å²) in [7, 11) is 0. The number of fused-ring (bicyclic) bond motifs is 2. The zero-order valence-corrected chi connectivity index (χ0v) is 18.8. The van der Waals surface area contributed by atoms with E-state index in [4.69, 9.17) is 4.74 Å². The Labute approximate surface area is 197 Å². The largest absolute Gasteiger partial charge is 0.490 e. The first-order chi connectivity index (χ1) is 16.5. The Morgan fingerprint density at radius 2 is 1.47 bits per heavy atom. The maximum atomic E-state index is 13.3. The van der Waals surface area contributed by atoms with Crippen molar-refractivity contribution in [3.63, 3.8) is 0 Å². The second-order valence-corrected chi connectivity index (χ2v) is 8.78. The molecular weight excluding hydrogens is 432 g/mol. The molecule has 34 heavy (non-hydrogen) atoms. The monoisotopic (exact) mass is 458 g/mol. The summed E-state index contributed by atoms with van der Waals surface area (Å²) in [5, 5.41) is 12.5. The molecule has 0 bridgehead atoms. The molecule has 1 fully saturated rings. The molecule has 1 unspecified atom stereocenters. The van der Waals surface area contributed by atoms with Crippen molar-refractivity contribution in [1.29, 1.82) is 0 Å². The Hall–Kier alpha value is -3.71. The molecule has 2 aliphatic rings. The van der Waals surface area contributed by atoms with Crippen molar-refractivity contribution in [3.8, 4) is 5.75 Å². The molecule has 2 aliphatic heterocycles. The van der Waals surface area contributed by atoms with Gasteiger partial charge in [-0.05, 0) is 54.3 Å². The molecule has 0 spiro atoms. The predicted molar refractivity (Wildman–Crippen MR) is 127 cm³/mol. The Morgan fingerprint density at radius 3 is 2.12 bits per heavy atom. The van der Waals surface area contributed by atoms with Crippen LogP contribution in [0.15, 0.2) is 60.7 Å². The number of aliphatic hydroxyl groups excluding tert-OH is 1. The number of benzene rings is 3. The third-order valence-electron chi connectivity index (χ3n) is 6.42. The van der Waals surface area contributed by atoms with Crippen LogP contribution in [0, 0.1) is 0 Å². The fraction of sp³-hybridized carbons (Fsp3) is 0.296. The zero-order valence-electron chi connectivity index (χ0n) is 18.8. The SMILES string of the molecule is O=C(c1cc2ccccc2cc1OCC(O)CN1C(=O)c2ccccc2C1=O)N1CCCCC1. The predicted octanol–water partition coefficient (Wildman–Crippen LogP) is 3.50. The summed E-state index contributed by atoms with van der Waals surface area (Å²) >= 11 is 0. The van der Waals surface area contributed by atoms with Crippen LogP contribution in [0.3, 0.4) is 0 Å². The van der Waals surface area contributed by atoms with Crippen molar-refractivity contribution in [1.82, 2.24) is 9.80 Å². The minimum Gasteiger partial charge on any atom is -0.490 e. The summed E-state index contributed by atoms with van der Waals surface area (Å²) in [4.78, 5) is 41.3. The van der Waals surface area contributed by atoms with Crippen LogP contribution in [0.25, 0.3) is 10.8 Å². The number of nitrogens with zero attached hydrogens (tertiary/aromatic N) is 2. The Kier molecular flexibility index (Phi) is 6.02. The first-order valence-corrected chi connectivity index (χ1v) is 11.6. The van der Waals surface area contributed by atoms with Crippen molar-refractivity contribution < 1.29 is 24.2 Å². The topological polar surface area (TPSA) is 87.1 Å². The second kappa shape index (κ2) is 9.27. The van der Waals surface area contributed by atoms with E-state index in [0.717, 1.165) is 34.9 Å². The van der Waals surface area contributed by atoms with Gasteiger partial charge in [-0.3, -0.25) is 19.3 Å². The lowest BCUT2D eigenvalue weighted by Gasteiger charge is -2.28. The normalized spacial score (nSPS) is 16.6. The zero-order chi connectivity index (χ0) is 23.7. The fourth-order valence-corrected chi connectivity index (χ4v) is 4.63. The Morgan fingerprint density at radius 1 is 0.882 bits per heavy atom. The van der Waals surface area contributed by atoms with Crippen LogP contribution in [0.1, 0.15) is 50.3 Å². The molecule has 7 nitrogen and oxygen atoms in total. The molecule has 3 amide bonds.